The molecule has 0 unspecified atom stereocenters. The highest BCUT2D eigenvalue weighted by Gasteiger charge is 2.36. The second-order valence-electron chi connectivity index (χ2n) is 8.23. The quantitative estimate of drug-likeness (QED) is 0.792. The van der Waals surface area contributed by atoms with Crippen molar-refractivity contribution in [3.8, 4) is 5.75 Å². The number of nitrogens with zero attached hydrogens (tertiary/aromatic N) is 2. The normalized spacial score (nSPS) is 19.6. The van der Waals surface area contributed by atoms with Crippen molar-refractivity contribution in [3.05, 3.63) is 59.2 Å². The van der Waals surface area contributed by atoms with Crippen LogP contribution < -0.4 is 9.64 Å². The Balaban J connectivity index is 1.68. The first-order valence-corrected chi connectivity index (χ1v) is 10.4. The monoisotopic (exact) mass is 394 g/mol. The summed E-state index contributed by atoms with van der Waals surface area (Å²) >= 11 is 0. The van der Waals surface area contributed by atoms with Gasteiger partial charge in [-0.3, -0.25) is 4.79 Å². The van der Waals surface area contributed by atoms with E-state index in [2.05, 4.69) is 17.0 Å². The van der Waals surface area contributed by atoms with Crippen molar-refractivity contribution in [2.24, 2.45) is 5.92 Å². The Morgan fingerprint density at radius 2 is 1.90 bits per heavy atom. The molecule has 1 fully saturated rings. The van der Waals surface area contributed by atoms with Crippen LogP contribution in [0.2, 0.25) is 0 Å². The molecule has 4 rings (SSSR count). The lowest BCUT2D eigenvalue weighted by atomic mass is 9.82. The van der Waals surface area contributed by atoms with Gasteiger partial charge in [0.05, 0.1) is 7.11 Å². The van der Waals surface area contributed by atoms with Crippen LogP contribution in [0, 0.1) is 5.92 Å². The fourth-order valence-electron chi connectivity index (χ4n) is 4.54. The maximum Gasteiger partial charge on any atom is 0.254 e. The zero-order chi connectivity index (χ0) is 20.4. The van der Waals surface area contributed by atoms with Crippen molar-refractivity contribution < 1.29 is 14.3 Å². The molecule has 29 heavy (non-hydrogen) atoms. The fraction of sp³-hybridized carbons (Fsp3) is 0.458. The molecule has 2 aliphatic rings. The van der Waals surface area contributed by atoms with Gasteiger partial charge < -0.3 is 19.3 Å². The summed E-state index contributed by atoms with van der Waals surface area (Å²) in [5.41, 5.74) is 4.31. The van der Waals surface area contributed by atoms with Crippen LogP contribution >= 0.6 is 0 Å². The van der Waals surface area contributed by atoms with E-state index in [0.717, 1.165) is 49.5 Å². The topological polar surface area (TPSA) is 42.0 Å². The summed E-state index contributed by atoms with van der Waals surface area (Å²) in [6, 6.07) is 14.3. The maximum atomic E-state index is 13.6. The van der Waals surface area contributed by atoms with Gasteiger partial charge in [0.25, 0.3) is 5.91 Å². The number of fused-ring (bicyclic) bond motifs is 1. The predicted octanol–water partition coefficient (Wildman–Crippen LogP) is 3.75. The van der Waals surface area contributed by atoms with Gasteiger partial charge in [-0.1, -0.05) is 12.1 Å². The molecule has 2 aromatic rings. The summed E-state index contributed by atoms with van der Waals surface area (Å²) in [5.74, 6) is 1.46. The summed E-state index contributed by atoms with van der Waals surface area (Å²) in [7, 11) is 5.70. The van der Waals surface area contributed by atoms with Crippen LogP contribution in [0.5, 0.6) is 5.75 Å². The van der Waals surface area contributed by atoms with Crippen LogP contribution in [0.25, 0.3) is 0 Å². The predicted molar refractivity (Wildman–Crippen MR) is 115 cm³/mol. The molecule has 0 bridgehead atoms. The van der Waals surface area contributed by atoms with Crippen molar-refractivity contribution in [1.82, 2.24) is 4.90 Å². The van der Waals surface area contributed by atoms with E-state index in [1.54, 1.807) is 7.11 Å². The molecule has 0 spiro atoms. The van der Waals surface area contributed by atoms with Crippen molar-refractivity contribution in [2.45, 2.75) is 31.8 Å². The van der Waals surface area contributed by atoms with E-state index >= 15 is 0 Å². The molecule has 5 heteroatoms. The molecule has 0 saturated carbocycles. The fourth-order valence-corrected chi connectivity index (χ4v) is 4.54. The largest absolute Gasteiger partial charge is 0.497 e. The number of carbonyl (C=O) groups excluding carboxylic acids is 1. The molecular formula is C24H30N2O3. The molecular weight excluding hydrogens is 364 g/mol. The van der Waals surface area contributed by atoms with E-state index in [-0.39, 0.29) is 11.9 Å². The number of carbonyl (C=O) groups is 1. The van der Waals surface area contributed by atoms with E-state index in [1.807, 2.05) is 49.3 Å². The first-order valence-electron chi connectivity index (χ1n) is 10.4. The molecule has 2 heterocycles. The SMILES string of the molecule is COc1ccc2c(c1)C[C@@H](C1CCOCC1)N(C(=O)c1cccc(N(C)C)c1)C2. The zero-order valence-electron chi connectivity index (χ0n) is 17.6. The average Bonchev–Trinajstić information content (AvgIpc) is 2.78. The van der Waals surface area contributed by atoms with Gasteiger partial charge >= 0.3 is 0 Å². The Bertz CT molecular complexity index is 874. The van der Waals surface area contributed by atoms with Crippen LogP contribution in [0.15, 0.2) is 42.5 Å². The van der Waals surface area contributed by atoms with Gasteiger partial charge in [0, 0.05) is 51.1 Å². The minimum Gasteiger partial charge on any atom is -0.497 e. The molecule has 154 valence electrons. The van der Waals surface area contributed by atoms with Crippen LogP contribution in [-0.4, -0.2) is 51.3 Å². The third-order valence-electron chi connectivity index (χ3n) is 6.26. The molecule has 1 atom stereocenters. The third kappa shape index (κ3) is 4.10. The van der Waals surface area contributed by atoms with Crippen molar-refractivity contribution >= 4 is 11.6 Å². The number of rotatable bonds is 4. The Morgan fingerprint density at radius 3 is 2.62 bits per heavy atom. The maximum absolute atomic E-state index is 13.6. The Hall–Kier alpha value is -2.53. The van der Waals surface area contributed by atoms with Gasteiger partial charge in [-0.05, 0) is 66.6 Å². The zero-order valence-corrected chi connectivity index (χ0v) is 17.6. The summed E-state index contributed by atoms with van der Waals surface area (Å²) in [6.45, 7) is 2.21. The van der Waals surface area contributed by atoms with Crippen LogP contribution in [0.3, 0.4) is 0 Å². The third-order valence-corrected chi connectivity index (χ3v) is 6.26. The van der Waals surface area contributed by atoms with E-state index in [0.29, 0.717) is 12.5 Å². The molecule has 2 aliphatic heterocycles. The minimum absolute atomic E-state index is 0.117. The number of anilines is 1. The smallest absolute Gasteiger partial charge is 0.254 e. The molecule has 1 saturated heterocycles. The standard InChI is InChI=1S/C24H30N2O3/c1-25(2)21-6-4-5-18(13-21)24(27)26-16-19-7-8-22(28-3)14-20(19)15-23(26)17-9-11-29-12-10-17/h4-8,13-14,17,23H,9-12,15-16H2,1-3H3/t23-/m0/s1. The summed E-state index contributed by atoms with van der Waals surface area (Å²) in [4.78, 5) is 17.7. The Kier molecular flexibility index (Phi) is 5.76. The lowest BCUT2D eigenvalue weighted by Gasteiger charge is -2.42. The first-order chi connectivity index (χ1) is 14.1. The van der Waals surface area contributed by atoms with Crippen LogP contribution in [-0.2, 0) is 17.7 Å². The molecule has 2 aromatic carbocycles. The highest BCUT2D eigenvalue weighted by molar-refractivity contribution is 5.95. The molecule has 0 radical (unpaired) electrons. The van der Waals surface area contributed by atoms with Gasteiger partial charge in [-0.15, -0.1) is 0 Å². The minimum atomic E-state index is 0.117. The lowest BCUT2D eigenvalue weighted by molar-refractivity contribution is 0.0180. The second kappa shape index (κ2) is 8.46. The molecule has 0 aliphatic carbocycles. The van der Waals surface area contributed by atoms with E-state index < -0.39 is 0 Å². The van der Waals surface area contributed by atoms with E-state index in [9.17, 15) is 4.79 Å². The van der Waals surface area contributed by atoms with Crippen molar-refractivity contribution in [2.75, 3.05) is 39.3 Å². The van der Waals surface area contributed by atoms with E-state index in [4.69, 9.17) is 9.47 Å². The molecule has 1 amide bonds. The summed E-state index contributed by atoms with van der Waals surface area (Å²) < 4.78 is 11.0. The highest BCUT2D eigenvalue weighted by atomic mass is 16.5. The first kappa shape index (κ1) is 19.8. The van der Waals surface area contributed by atoms with Gasteiger partial charge in [0.1, 0.15) is 5.75 Å². The Morgan fingerprint density at radius 1 is 1.10 bits per heavy atom. The number of benzene rings is 2. The number of amides is 1. The van der Waals surface area contributed by atoms with Crippen LogP contribution in [0.1, 0.15) is 34.3 Å². The highest BCUT2D eigenvalue weighted by Crippen LogP contribution is 2.34. The van der Waals surface area contributed by atoms with Gasteiger partial charge in [0.2, 0.25) is 0 Å². The number of ether oxygens (including phenoxy) is 2. The summed E-state index contributed by atoms with van der Waals surface area (Å²) in [6.07, 6.45) is 2.88. The van der Waals surface area contributed by atoms with Crippen LogP contribution in [0.4, 0.5) is 5.69 Å². The average molecular weight is 395 g/mol. The Labute approximate surface area is 173 Å². The van der Waals surface area contributed by atoms with Gasteiger partial charge in [-0.2, -0.15) is 0 Å². The van der Waals surface area contributed by atoms with Crippen molar-refractivity contribution in [3.63, 3.8) is 0 Å². The lowest BCUT2D eigenvalue weighted by Crippen LogP contribution is -2.49. The number of hydrogen-bond donors (Lipinski definition) is 0. The molecule has 0 aromatic heterocycles. The van der Waals surface area contributed by atoms with E-state index in [1.165, 1.54) is 11.1 Å². The summed E-state index contributed by atoms with van der Waals surface area (Å²) in [5, 5.41) is 0. The molecule has 5 nitrogen and oxygen atoms in total. The van der Waals surface area contributed by atoms with Gasteiger partial charge in [-0.25, -0.2) is 0 Å². The second-order valence-corrected chi connectivity index (χ2v) is 8.23. The molecule has 0 N–H and O–H groups in total. The number of hydrogen-bond acceptors (Lipinski definition) is 4. The van der Waals surface area contributed by atoms with Gasteiger partial charge in [0.15, 0.2) is 0 Å². The number of methoxy groups -OCH3 is 1. The van der Waals surface area contributed by atoms with Crippen molar-refractivity contribution in [1.29, 1.82) is 0 Å².